The Morgan fingerprint density at radius 2 is 0.520 bits per heavy atom. The lowest BCUT2D eigenvalue weighted by molar-refractivity contribution is -0.167. The van der Waals surface area contributed by atoms with Crippen LogP contribution in [0.1, 0.15) is 226 Å². The number of carbonyl (C=O) groups is 3. The molecule has 0 fully saturated rings. The van der Waals surface area contributed by atoms with Crippen molar-refractivity contribution < 1.29 is 28.6 Å². The van der Waals surface area contributed by atoms with Crippen molar-refractivity contribution in [3.05, 3.63) is 170 Å². The average molecular weight is 1030 g/mol. The lowest BCUT2D eigenvalue weighted by Gasteiger charge is -2.18. The van der Waals surface area contributed by atoms with Crippen molar-refractivity contribution >= 4 is 17.9 Å². The molecular weight excluding hydrogens is 925 g/mol. The lowest BCUT2D eigenvalue weighted by Crippen LogP contribution is -2.30. The van der Waals surface area contributed by atoms with Crippen LogP contribution in [0.15, 0.2) is 170 Å². The summed E-state index contributed by atoms with van der Waals surface area (Å²) < 4.78 is 16.7. The fourth-order valence-electron chi connectivity index (χ4n) is 7.34. The molecule has 1 unspecified atom stereocenters. The molecule has 0 heterocycles. The minimum atomic E-state index is -0.815. The van der Waals surface area contributed by atoms with Crippen LogP contribution in [0.4, 0.5) is 0 Å². The molecule has 0 N–H and O–H groups in total. The fraction of sp³-hybridized carbons (Fsp3) is 0.551. The number of rotatable bonds is 51. The first-order valence-corrected chi connectivity index (χ1v) is 29.6. The zero-order valence-corrected chi connectivity index (χ0v) is 47.7. The number of unbranched alkanes of at least 4 members (excludes halogenated alkanes) is 12. The van der Waals surface area contributed by atoms with Gasteiger partial charge in [0.2, 0.25) is 0 Å². The monoisotopic (exact) mass is 1030 g/mol. The maximum atomic E-state index is 12.8. The van der Waals surface area contributed by atoms with E-state index in [1.165, 1.54) is 25.7 Å². The molecule has 0 radical (unpaired) electrons. The maximum absolute atomic E-state index is 12.8. The Morgan fingerprint density at radius 1 is 0.280 bits per heavy atom. The van der Waals surface area contributed by atoms with Crippen molar-refractivity contribution in [2.75, 3.05) is 13.2 Å². The third-order valence-electron chi connectivity index (χ3n) is 11.7. The summed E-state index contributed by atoms with van der Waals surface area (Å²) in [6.45, 7) is 6.29. The highest BCUT2D eigenvalue weighted by molar-refractivity contribution is 5.71. The van der Waals surface area contributed by atoms with E-state index in [1.54, 1.807) is 0 Å². The van der Waals surface area contributed by atoms with Crippen molar-refractivity contribution in [3.8, 4) is 0 Å². The first-order chi connectivity index (χ1) is 37.0. The summed E-state index contributed by atoms with van der Waals surface area (Å²) in [5.74, 6) is -0.994. The number of hydrogen-bond donors (Lipinski definition) is 0. The van der Waals surface area contributed by atoms with Crippen LogP contribution in [0.3, 0.4) is 0 Å². The summed E-state index contributed by atoms with van der Waals surface area (Å²) in [6, 6.07) is 0. The van der Waals surface area contributed by atoms with Crippen molar-refractivity contribution in [3.63, 3.8) is 0 Å². The summed E-state index contributed by atoms with van der Waals surface area (Å²) in [6.07, 6.45) is 90.9. The van der Waals surface area contributed by atoms with Crippen LogP contribution in [0.2, 0.25) is 0 Å². The Balaban J connectivity index is 4.33. The van der Waals surface area contributed by atoms with Crippen molar-refractivity contribution in [2.24, 2.45) is 0 Å². The highest BCUT2D eigenvalue weighted by Crippen LogP contribution is 2.12. The van der Waals surface area contributed by atoms with Gasteiger partial charge >= 0.3 is 17.9 Å². The van der Waals surface area contributed by atoms with E-state index in [2.05, 4.69) is 191 Å². The van der Waals surface area contributed by atoms with E-state index < -0.39 is 6.10 Å². The third-order valence-corrected chi connectivity index (χ3v) is 11.7. The van der Waals surface area contributed by atoms with Crippen LogP contribution < -0.4 is 0 Å². The van der Waals surface area contributed by atoms with Gasteiger partial charge in [0.05, 0.1) is 0 Å². The van der Waals surface area contributed by atoms with Gasteiger partial charge in [-0.15, -0.1) is 0 Å². The van der Waals surface area contributed by atoms with Gasteiger partial charge in [-0.3, -0.25) is 14.4 Å². The second-order valence-electron chi connectivity index (χ2n) is 18.8. The number of hydrogen-bond acceptors (Lipinski definition) is 6. The molecule has 0 aliphatic carbocycles. The Hall–Kier alpha value is -5.23. The van der Waals surface area contributed by atoms with Gasteiger partial charge in [0.1, 0.15) is 13.2 Å². The van der Waals surface area contributed by atoms with Crippen LogP contribution in [0.25, 0.3) is 0 Å². The summed E-state index contributed by atoms with van der Waals surface area (Å²) in [7, 11) is 0. The first kappa shape index (κ1) is 69.8. The average Bonchev–Trinajstić information content (AvgIpc) is 3.41. The molecule has 6 heteroatoms. The highest BCUT2D eigenvalue weighted by Gasteiger charge is 2.19. The van der Waals surface area contributed by atoms with Gasteiger partial charge in [0, 0.05) is 19.3 Å². The van der Waals surface area contributed by atoms with E-state index in [0.717, 1.165) is 154 Å². The smallest absolute Gasteiger partial charge is 0.306 e. The number of carbonyl (C=O) groups excluding carboxylic acids is 3. The zero-order valence-electron chi connectivity index (χ0n) is 47.7. The molecule has 418 valence electrons. The molecule has 0 aromatic rings. The van der Waals surface area contributed by atoms with Gasteiger partial charge in [-0.05, 0) is 135 Å². The normalized spacial score (nSPS) is 13.4. The molecule has 0 aliphatic rings. The highest BCUT2D eigenvalue weighted by atomic mass is 16.6. The Morgan fingerprint density at radius 3 is 0.813 bits per heavy atom. The molecule has 75 heavy (non-hydrogen) atoms. The van der Waals surface area contributed by atoms with Crippen LogP contribution >= 0.6 is 0 Å². The van der Waals surface area contributed by atoms with E-state index in [4.69, 9.17) is 14.2 Å². The summed E-state index contributed by atoms with van der Waals surface area (Å²) in [4.78, 5) is 38.0. The molecule has 0 aromatic carbocycles. The predicted octanol–water partition coefficient (Wildman–Crippen LogP) is 20.3. The second kappa shape index (κ2) is 61.3. The van der Waals surface area contributed by atoms with Crippen LogP contribution in [-0.2, 0) is 28.6 Å². The van der Waals surface area contributed by atoms with E-state index in [1.807, 2.05) is 0 Å². The quantitative estimate of drug-likeness (QED) is 0.0261. The Kier molecular flexibility index (Phi) is 57.0. The molecule has 0 aromatic heterocycles. The topological polar surface area (TPSA) is 78.9 Å². The molecular formula is C69H106O6. The van der Waals surface area contributed by atoms with Gasteiger partial charge in [-0.25, -0.2) is 0 Å². The largest absolute Gasteiger partial charge is 0.462 e. The van der Waals surface area contributed by atoms with Crippen molar-refractivity contribution in [1.29, 1.82) is 0 Å². The summed E-state index contributed by atoms with van der Waals surface area (Å²) in [5, 5.41) is 0. The Labute approximate surface area is 460 Å². The van der Waals surface area contributed by atoms with E-state index >= 15 is 0 Å². The van der Waals surface area contributed by atoms with Crippen LogP contribution in [-0.4, -0.2) is 37.2 Å². The minimum Gasteiger partial charge on any atom is -0.462 e. The van der Waals surface area contributed by atoms with Crippen LogP contribution in [0.5, 0.6) is 0 Å². The van der Waals surface area contributed by atoms with Crippen LogP contribution in [0, 0.1) is 0 Å². The second-order valence-corrected chi connectivity index (χ2v) is 18.8. The zero-order chi connectivity index (χ0) is 54.3. The van der Waals surface area contributed by atoms with E-state index in [9.17, 15) is 14.4 Å². The molecule has 0 saturated carbocycles. The fourth-order valence-corrected chi connectivity index (χ4v) is 7.34. The van der Waals surface area contributed by atoms with Gasteiger partial charge in [0.15, 0.2) is 6.10 Å². The van der Waals surface area contributed by atoms with Gasteiger partial charge in [-0.2, -0.15) is 0 Å². The molecule has 0 bridgehead atoms. The number of esters is 3. The summed E-state index contributed by atoms with van der Waals surface area (Å²) in [5.41, 5.74) is 0. The molecule has 0 aliphatic heterocycles. The molecule has 0 spiro atoms. The van der Waals surface area contributed by atoms with Crippen molar-refractivity contribution in [1.82, 2.24) is 0 Å². The maximum Gasteiger partial charge on any atom is 0.306 e. The van der Waals surface area contributed by atoms with Gasteiger partial charge < -0.3 is 14.2 Å². The third kappa shape index (κ3) is 59.5. The van der Waals surface area contributed by atoms with Gasteiger partial charge in [-0.1, -0.05) is 242 Å². The van der Waals surface area contributed by atoms with Crippen molar-refractivity contribution in [2.45, 2.75) is 232 Å². The molecule has 0 saturated heterocycles. The Bertz CT molecular complexity index is 1750. The predicted molar refractivity (Wildman–Crippen MR) is 325 cm³/mol. The molecule has 0 amide bonds. The standard InChI is InChI=1S/C69H106O6/c1-4-7-10-13-16-18-20-22-24-26-28-29-30-31-32-33-34-35-36-37-38-39-41-42-44-46-48-50-53-56-59-62-68(71)74-65-66(64-73-67(70)61-58-55-52-15-12-9-6-3)75-69(72)63-60-57-54-51-49-47-45-43-40-27-25-23-21-19-17-14-11-8-5-2/h7-8,10-11,16-19,22-25,28-29,31-32,34-35,37-38,40-43,46-49,66H,4-6,9,12-15,20-21,26-27,30,33,36,39,44-45,50-65H2,1-3H3/b10-7-,11-8-,18-16-,19-17-,24-22-,25-23-,29-28-,32-31-,35-34-,38-37-,42-41-,43-40-,48-46-,49-47-. The SMILES string of the molecule is CC/C=C\C/C=C\C/C=C\C/C=C\C/C=C\C/C=C\C/C=C\C/C=C\C/C=C\CCCCCC(=O)OCC(COC(=O)CCCCCCCCC)OC(=O)CCCCC/C=C\C/C=C\C/C=C\C/C=C\C/C=C\CC. The van der Waals surface area contributed by atoms with E-state index in [0.29, 0.717) is 19.3 Å². The number of allylic oxidation sites excluding steroid dienone is 28. The molecule has 1 atom stereocenters. The summed E-state index contributed by atoms with van der Waals surface area (Å²) >= 11 is 0. The molecule has 6 nitrogen and oxygen atoms in total. The first-order valence-electron chi connectivity index (χ1n) is 29.6. The van der Waals surface area contributed by atoms with E-state index in [-0.39, 0.29) is 37.5 Å². The lowest BCUT2D eigenvalue weighted by atomic mass is 10.1. The van der Waals surface area contributed by atoms with Gasteiger partial charge in [0.25, 0.3) is 0 Å². The molecule has 0 rings (SSSR count). The number of ether oxygens (including phenoxy) is 3. The minimum absolute atomic E-state index is 0.109.